The van der Waals surface area contributed by atoms with Crippen molar-refractivity contribution in [2.45, 2.75) is 82.3 Å². The highest BCUT2D eigenvalue weighted by Crippen LogP contribution is 2.37. The fourth-order valence-electron chi connectivity index (χ4n) is 6.14. The van der Waals surface area contributed by atoms with E-state index in [1.54, 1.807) is 6.33 Å². The number of H-pyrrole nitrogens is 1. The van der Waals surface area contributed by atoms with E-state index in [2.05, 4.69) is 30.4 Å². The number of ether oxygens (including phenoxy) is 1. The van der Waals surface area contributed by atoms with E-state index >= 15 is 0 Å². The van der Waals surface area contributed by atoms with Crippen LogP contribution in [0.2, 0.25) is 0 Å². The predicted octanol–water partition coefficient (Wildman–Crippen LogP) is 1.76. The quantitative estimate of drug-likeness (QED) is 0.134. The van der Waals surface area contributed by atoms with Crippen LogP contribution in [0.3, 0.4) is 0 Å². The van der Waals surface area contributed by atoms with Crippen LogP contribution in [-0.2, 0) is 16.6 Å². The molecule has 7 N–H and O–H groups in total. The standard InChI is InChI=1S/C29H41N9O4/c1-17(12-39)38(36-24-7-8-25(42-24)37-16-33-26-27(30)31-15-32-28(26)37)20-9-18(10-20)3-6-23-34-21-5-4-19(11-22(21)35-23)29(2,13-40)14-41/h4-5,11,15-18,20,24-25,36,39-41H,3,6-10,12-14H2,1-2H3,(H,34,35)(H2,30,31,32). The molecule has 1 aliphatic heterocycles. The summed E-state index contributed by atoms with van der Waals surface area (Å²) < 4.78 is 8.26. The molecule has 3 atom stereocenters. The van der Waals surface area contributed by atoms with Gasteiger partial charge >= 0.3 is 0 Å². The first-order valence-corrected chi connectivity index (χ1v) is 14.8. The first-order valence-electron chi connectivity index (χ1n) is 14.8. The first kappa shape index (κ1) is 28.9. The summed E-state index contributed by atoms with van der Waals surface area (Å²) in [6, 6.07) is 6.12. The van der Waals surface area contributed by atoms with Crippen molar-refractivity contribution in [1.82, 2.24) is 39.9 Å². The summed E-state index contributed by atoms with van der Waals surface area (Å²) >= 11 is 0. The minimum atomic E-state index is -0.687. The number of aliphatic hydroxyl groups is 3. The molecule has 0 bridgehead atoms. The molecule has 42 heavy (non-hydrogen) atoms. The van der Waals surface area contributed by atoms with Gasteiger partial charge < -0.3 is 30.8 Å². The largest absolute Gasteiger partial charge is 0.395 e. The van der Waals surface area contributed by atoms with Gasteiger partial charge in [0.25, 0.3) is 0 Å². The molecule has 0 amide bonds. The van der Waals surface area contributed by atoms with Gasteiger partial charge in [-0.2, -0.15) is 0 Å². The number of imidazole rings is 2. The molecule has 1 aromatic carbocycles. The van der Waals surface area contributed by atoms with E-state index in [9.17, 15) is 15.3 Å². The van der Waals surface area contributed by atoms with Crippen LogP contribution in [0.15, 0.2) is 30.9 Å². The summed E-state index contributed by atoms with van der Waals surface area (Å²) in [7, 11) is 0. The van der Waals surface area contributed by atoms with E-state index < -0.39 is 5.41 Å². The fourth-order valence-corrected chi connectivity index (χ4v) is 6.14. The number of aromatic amines is 1. The molecule has 226 valence electrons. The Balaban J connectivity index is 1.03. The molecule has 6 rings (SSSR count). The summed E-state index contributed by atoms with van der Waals surface area (Å²) in [4.78, 5) is 20.9. The Kier molecular flexibility index (Phi) is 8.13. The third-order valence-electron chi connectivity index (χ3n) is 9.05. The number of nitrogens with two attached hydrogens (primary N) is 1. The van der Waals surface area contributed by atoms with Crippen LogP contribution in [0.4, 0.5) is 5.82 Å². The predicted molar refractivity (Wildman–Crippen MR) is 157 cm³/mol. The number of aromatic nitrogens is 6. The molecule has 4 aromatic rings. The first-order chi connectivity index (χ1) is 20.3. The maximum Gasteiger partial charge on any atom is 0.167 e. The molecule has 0 spiro atoms. The molecule has 3 aromatic heterocycles. The molecular weight excluding hydrogens is 538 g/mol. The van der Waals surface area contributed by atoms with Gasteiger partial charge in [0.1, 0.15) is 30.1 Å². The van der Waals surface area contributed by atoms with Crippen molar-refractivity contribution < 1.29 is 20.1 Å². The number of hydrazine groups is 1. The van der Waals surface area contributed by atoms with Gasteiger partial charge in [0, 0.05) is 23.9 Å². The number of anilines is 1. The van der Waals surface area contributed by atoms with Gasteiger partial charge in [-0.3, -0.25) is 4.57 Å². The number of rotatable bonds is 12. The van der Waals surface area contributed by atoms with E-state index in [0.29, 0.717) is 28.9 Å². The minimum absolute atomic E-state index is 0.0479. The summed E-state index contributed by atoms with van der Waals surface area (Å²) in [6.07, 6.45) is 8.32. The number of nitrogen functional groups attached to an aromatic ring is 1. The molecule has 0 radical (unpaired) electrons. The van der Waals surface area contributed by atoms with Crippen LogP contribution in [0.1, 0.15) is 63.6 Å². The lowest BCUT2D eigenvalue weighted by molar-refractivity contribution is -0.0966. The maximum absolute atomic E-state index is 9.98. The van der Waals surface area contributed by atoms with E-state index in [0.717, 1.165) is 60.9 Å². The van der Waals surface area contributed by atoms with E-state index in [1.807, 2.05) is 36.6 Å². The van der Waals surface area contributed by atoms with Gasteiger partial charge in [-0.25, -0.2) is 30.4 Å². The number of benzene rings is 1. The highest BCUT2D eigenvalue weighted by molar-refractivity contribution is 5.81. The number of nitrogens with one attached hydrogen (secondary N) is 2. The van der Waals surface area contributed by atoms with Gasteiger partial charge in [-0.15, -0.1) is 0 Å². The second-order valence-corrected chi connectivity index (χ2v) is 12.1. The van der Waals surface area contributed by atoms with Crippen LogP contribution in [-0.4, -0.2) is 87.9 Å². The van der Waals surface area contributed by atoms with Gasteiger partial charge in [0.2, 0.25) is 0 Å². The van der Waals surface area contributed by atoms with Gasteiger partial charge in [-0.1, -0.05) is 13.0 Å². The summed E-state index contributed by atoms with van der Waals surface area (Å²) in [5.74, 6) is 1.87. The SMILES string of the molecule is CC(CO)N(NC1CCC(n2cnc3c(N)ncnc32)O1)C1CC(CCc2nc3ccc(C(C)(CO)CO)cc3[nH]2)C1. The lowest BCUT2D eigenvalue weighted by Gasteiger charge is -2.46. The van der Waals surface area contributed by atoms with Crippen molar-refractivity contribution in [3.63, 3.8) is 0 Å². The van der Waals surface area contributed by atoms with Crippen molar-refractivity contribution in [1.29, 1.82) is 0 Å². The normalized spacial score (nSPS) is 23.7. The minimum Gasteiger partial charge on any atom is -0.395 e. The lowest BCUT2D eigenvalue weighted by atomic mass is 9.77. The van der Waals surface area contributed by atoms with Gasteiger partial charge in [0.15, 0.2) is 11.5 Å². The Bertz CT molecular complexity index is 1510. The Morgan fingerprint density at radius 3 is 2.76 bits per heavy atom. The molecule has 4 heterocycles. The third kappa shape index (κ3) is 5.48. The number of aliphatic hydroxyl groups excluding tert-OH is 3. The molecule has 1 aliphatic carbocycles. The molecule has 13 nitrogen and oxygen atoms in total. The highest BCUT2D eigenvalue weighted by atomic mass is 16.5. The van der Waals surface area contributed by atoms with Gasteiger partial charge in [0.05, 0.1) is 37.2 Å². The third-order valence-corrected chi connectivity index (χ3v) is 9.05. The summed E-state index contributed by atoms with van der Waals surface area (Å²) in [5, 5.41) is 31.7. The van der Waals surface area contributed by atoms with Crippen molar-refractivity contribution in [3.8, 4) is 0 Å². The number of aryl methyl sites for hydroxylation is 1. The van der Waals surface area contributed by atoms with Crippen molar-refractivity contribution in [2.24, 2.45) is 5.92 Å². The average molecular weight is 580 g/mol. The average Bonchev–Trinajstić information content (AvgIpc) is 3.73. The lowest BCUT2D eigenvalue weighted by Crippen LogP contribution is -2.59. The molecular formula is C29H41N9O4. The summed E-state index contributed by atoms with van der Waals surface area (Å²) in [5.41, 5.74) is 12.8. The van der Waals surface area contributed by atoms with Crippen LogP contribution >= 0.6 is 0 Å². The maximum atomic E-state index is 9.98. The van der Waals surface area contributed by atoms with E-state index in [4.69, 9.17) is 15.5 Å². The second-order valence-electron chi connectivity index (χ2n) is 12.1. The van der Waals surface area contributed by atoms with E-state index in [1.165, 1.54) is 6.33 Å². The Hall–Kier alpha value is -3.20. The zero-order valence-electron chi connectivity index (χ0n) is 24.1. The zero-order valence-corrected chi connectivity index (χ0v) is 24.1. The van der Waals surface area contributed by atoms with E-state index in [-0.39, 0.29) is 38.3 Å². The Labute approximate surface area is 244 Å². The van der Waals surface area contributed by atoms with Crippen LogP contribution in [0.25, 0.3) is 22.2 Å². The van der Waals surface area contributed by atoms with Crippen LogP contribution < -0.4 is 11.2 Å². The Morgan fingerprint density at radius 1 is 1.19 bits per heavy atom. The topological polar surface area (TPSA) is 183 Å². The zero-order chi connectivity index (χ0) is 29.4. The van der Waals surface area contributed by atoms with Crippen LogP contribution in [0.5, 0.6) is 0 Å². The van der Waals surface area contributed by atoms with Crippen molar-refractivity contribution in [2.75, 3.05) is 25.6 Å². The smallest absolute Gasteiger partial charge is 0.167 e. The monoisotopic (exact) mass is 579 g/mol. The molecule has 13 heteroatoms. The fraction of sp³-hybridized carbons (Fsp3) is 0.586. The molecule has 2 aliphatic rings. The van der Waals surface area contributed by atoms with Crippen LogP contribution in [0, 0.1) is 5.92 Å². The van der Waals surface area contributed by atoms with Crippen molar-refractivity contribution >= 4 is 28.0 Å². The molecule has 1 saturated carbocycles. The highest BCUT2D eigenvalue weighted by Gasteiger charge is 2.38. The molecule has 1 saturated heterocycles. The van der Waals surface area contributed by atoms with Gasteiger partial charge in [-0.05, 0) is 62.6 Å². The number of fused-ring (bicyclic) bond motifs is 2. The summed E-state index contributed by atoms with van der Waals surface area (Å²) in [6.45, 7) is 3.68. The molecule has 3 unspecified atom stereocenters. The Morgan fingerprint density at radius 2 is 2.00 bits per heavy atom. The number of hydrogen-bond donors (Lipinski definition) is 6. The number of nitrogens with zero attached hydrogens (tertiary/aromatic N) is 6. The second kappa shape index (κ2) is 11.8. The molecule has 2 fully saturated rings. The number of hydrogen-bond acceptors (Lipinski definition) is 11. The van der Waals surface area contributed by atoms with Crippen molar-refractivity contribution in [3.05, 3.63) is 42.2 Å².